The normalized spacial score (nSPS) is 14.5. The lowest BCUT2D eigenvalue weighted by molar-refractivity contribution is 1.06. The second-order valence-corrected chi connectivity index (χ2v) is 4.99. The summed E-state index contributed by atoms with van der Waals surface area (Å²) in [5.41, 5.74) is 2.70. The summed E-state index contributed by atoms with van der Waals surface area (Å²) in [5, 5.41) is 7.51. The van der Waals surface area contributed by atoms with Crippen LogP contribution in [-0.2, 0) is 0 Å². The first kappa shape index (κ1) is 12.5. The number of allylic oxidation sites excluding steroid dienone is 1. The van der Waals surface area contributed by atoms with E-state index in [4.69, 9.17) is 0 Å². The van der Waals surface area contributed by atoms with Gasteiger partial charge in [0.2, 0.25) is 0 Å². The van der Waals surface area contributed by atoms with Gasteiger partial charge in [0.15, 0.2) is 0 Å². The van der Waals surface area contributed by atoms with Gasteiger partial charge in [0.05, 0.1) is 22.3 Å². The van der Waals surface area contributed by atoms with Crippen molar-refractivity contribution in [1.29, 1.82) is 0 Å². The maximum absolute atomic E-state index is 12.1. The van der Waals surface area contributed by atoms with Crippen molar-refractivity contribution in [2.45, 2.75) is 0 Å². The van der Waals surface area contributed by atoms with Crippen LogP contribution in [0.5, 0.6) is 0 Å². The minimum atomic E-state index is -0.175. The highest BCUT2D eigenvalue weighted by molar-refractivity contribution is 5.75. The van der Waals surface area contributed by atoms with Gasteiger partial charge in [0.25, 0.3) is 5.56 Å². The van der Waals surface area contributed by atoms with Crippen LogP contribution in [0.15, 0.2) is 64.3 Å². The second-order valence-electron chi connectivity index (χ2n) is 4.99. The van der Waals surface area contributed by atoms with Crippen LogP contribution in [0.4, 0.5) is 0 Å². The molecule has 22 heavy (non-hydrogen) atoms. The molecule has 0 spiro atoms. The van der Waals surface area contributed by atoms with Gasteiger partial charge in [-0.2, -0.15) is 0 Å². The van der Waals surface area contributed by atoms with Gasteiger partial charge >= 0.3 is 0 Å². The van der Waals surface area contributed by atoms with E-state index < -0.39 is 0 Å². The van der Waals surface area contributed by atoms with E-state index in [1.54, 1.807) is 18.5 Å². The zero-order chi connectivity index (χ0) is 14.9. The number of hydrogen-bond acceptors (Lipinski definition) is 3. The molecule has 0 radical (unpaired) electrons. The molecule has 2 aromatic heterocycles. The Labute approximate surface area is 125 Å². The monoisotopic (exact) mass is 288 g/mol. The minimum Gasteiger partial charge on any atom is -0.297 e. The first-order valence-electron chi connectivity index (χ1n) is 6.89. The lowest BCUT2D eigenvalue weighted by Gasteiger charge is -1.98. The number of aromatic amines is 2. The molecule has 4 rings (SSSR count). The van der Waals surface area contributed by atoms with Crippen molar-refractivity contribution in [3.05, 3.63) is 81.0 Å². The van der Waals surface area contributed by atoms with Crippen LogP contribution in [0.3, 0.4) is 0 Å². The van der Waals surface area contributed by atoms with E-state index >= 15 is 0 Å². The van der Waals surface area contributed by atoms with Crippen LogP contribution in [0, 0.1) is 0 Å². The molecule has 3 aromatic rings. The molecule has 0 saturated carbocycles. The third-order valence-corrected chi connectivity index (χ3v) is 3.55. The largest absolute Gasteiger partial charge is 0.297 e. The first-order valence-corrected chi connectivity index (χ1v) is 6.89. The minimum absolute atomic E-state index is 0.175. The van der Waals surface area contributed by atoms with Gasteiger partial charge in [-0.05, 0) is 30.4 Å². The van der Waals surface area contributed by atoms with Crippen LogP contribution in [0.25, 0.3) is 23.4 Å². The van der Waals surface area contributed by atoms with Crippen LogP contribution in [0.2, 0.25) is 0 Å². The molecule has 1 aliphatic heterocycles. The molecular formula is C17H12N4O. The number of pyridine rings is 1. The zero-order valence-electron chi connectivity index (χ0n) is 11.6. The van der Waals surface area contributed by atoms with Gasteiger partial charge in [-0.3, -0.25) is 20.0 Å². The van der Waals surface area contributed by atoms with Crippen molar-refractivity contribution in [1.82, 2.24) is 15.2 Å². The van der Waals surface area contributed by atoms with Crippen LogP contribution < -0.4 is 16.1 Å². The summed E-state index contributed by atoms with van der Waals surface area (Å²) in [5.74, 6) is 0. The Balaban J connectivity index is 1.86. The third-order valence-electron chi connectivity index (χ3n) is 3.55. The maximum Gasteiger partial charge on any atom is 0.271 e. The lowest BCUT2D eigenvalue weighted by atomic mass is 10.1. The van der Waals surface area contributed by atoms with E-state index in [0.717, 1.165) is 21.8 Å². The molecule has 0 fully saturated rings. The predicted octanol–water partition coefficient (Wildman–Crippen LogP) is 1.22. The summed E-state index contributed by atoms with van der Waals surface area (Å²) in [6.07, 6.45) is 7.17. The fourth-order valence-corrected chi connectivity index (χ4v) is 2.51. The molecule has 5 heteroatoms. The standard InChI is InChI=1S/C17H12N4O/c22-17-14(16(20-21-17)12-5-3-7-18-10-12)9-13-8-11-4-1-2-6-15(11)19-13/h1-10H,(H2,20,21,22). The predicted molar refractivity (Wildman–Crippen MR) is 84.3 cm³/mol. The van der Waals surface area contributed by atoms with Gasteiger partial charge in [-0.25, -0.2) is 4.99 Å². The van der Waals surface area contributed by atoms with E-state index in [0.29, 0.717) is 11.3 Å². The van der Waals surface area contributed by atoms with Crippen molar-refractivity contribution < 1.29 is 0 Å². The molecule has 3 heterocycles. The van der Waals surface area contributed by atoms with Crippen LogP contribution in [-0.4, -0.2) is 15.2 Å². The average Bonchev–Trinajstić information content (AvgIpc) is 3.12. The smallest absolute Gasteiger partial charge is 0.271 e. The first-order chi connectivity index (χ1) is 10.8. The van der Waals surface area contributed by atoms with Crippen molar-refractivity contribution in [2.75, 3.05) is 0 Å². The summed E-state index contributed by atoms with van der Waals surface area (Å²) >= 11 is 0. The van der Waals surface area contributed by atoms with Crippen molar-refractivity contribution in [3.63, 3.8) is 0 Å². The molecule has 0 amide bonds. The Hall–Kier alpha value is -3.21. The quantitative estimate of drug-likeness (QED) is 0.744. The molecule has 0 bridgehead atoms. The number of para-hydroxylation sites is 1. The fraction of sp³-hybridized carbons (Fsp3) is 0. The van der Waals surface area contributed by atoms with Gasteiger partial charge in [0, 0.05) is 23.2 Å². The highest BCUT2D eigenvalue weighted by Crippen LogP contribution is 2.20. The Kier molecular flexibility index (Phi) is 2.83. The number of benzene rings is 1. The van der Waals surface area contributed by atoms with Crippen LogP contribution in [0.1, 0.15) is 5.56 Å². The van der Waals surface area contributed by atoms with E-state index in [1.165, 1.54) is 0 Å². The fourth-order valence-electron chi connectivity index (χ4n) is 2.51. The molecule has 0 aliphatic carbocycles. The van der Waals surface area contributed by atoms with Gasteiger partial charge < -0.3 is 0 Å². The lowest BCUT2D eigenvalue weighted by Crippen LogP contribution is -2.19. The Morgan fingerprint density at radius 2 is 1.95 bits per heavy atom. The number of hydrogen-bond donors (Lipinski definition) is 2. The highest BCUT2D eigenvalue weighted by atomic mass is 16.1. The summed E-state index contributed by atoms with van der Waals surface area (Å²) in [7, 11) is 0. The Morgan fingerprint density at radius 1 is 1.05 bits per heavy atom. The van der Waals surface area contributed by atoms with Crippen molar-refractivity contribution in [2.24, 2.45) is 4.99 Å². The van der Waals surface area contributed by atoms with E-state index in [9.17, 15) is 4.79 Å². The topological polar surface area (TPSA) is 73.9 Å². The Morgan fingerprint density at radius 3 is 2.77 bits per heavy atom. The van der Waals surface area contributed by atoms with E-state index in [1.807, 2.05) is 42.5 Å². The number of H-pyrrole nitrogens is 2. The number of fused-ring (bicyclic) bond motifs is 1. The number of nitrogens with zero attached hydrogens (tertiary/aromatic N) is 2. The third kappa shape index (κ3) is 2.09. The summed E-state index contributed by atoms with van der Waals surface area (Å²) in [4.78, 5) is 20.7. The average molecular weight is 288 g/mol. The summed E-state index contributed by atoms with van der Waals surface area (Å²) < 4.78 is 0. The number of rotatable bonds is 2. The second kappa shape index (κ2) is 4.96. The molecule has 5 nitrogen and oxygen atoms in total. The van der Waals surface area contributed by atoms with Crippen LogP contribution >= 0.6 is 0 Å². The molecule has 0 atom stereocenters. The summed E-state index contributed by atoms with van der Waals surface area (Å²) in [6.45, 7) is 0. The molecule has 1 aromatic carbocycles. The zero-order valence-corrected chi connectivity index (χ0v) is 11.6. The molecule has 106 valence electrons. The van der Waals surface area contributed by atoms with Crippen molar-refractivity contribution in [3.8, 4) is 11.3 Å². The number of aromatic nitrogens is 3. The highest BCUT2D eigenvalue weighted by Gasteiger charge is 2.11. The Bertz CT molecular complexity index is 1010. The molecular weight excluding hydrogens is 276 g/mol. The van der Waals surface area contributed by atoms with Gasteiger partial charge in [-0.1, -0.05) is 18.2 Å². The van der Waals surface area contributed by atoms with Gasteiger partial charge in [-0.15, -0.1) is 0 Å². The number of nitrogens with one attached hydrogen (secondary N) is 2. The van der Waals surface area contributed by atoms with Gasteiger partial charge in [0.1, 0.15) is 0 Å². The molecule has 0 unspecified atom stereocenters. The van der Waals surface area contributed by atoms with E-state index in [-0.39, 0.29) is 5.56 Å². The molecule has 1 aliphatic rings. The molecule has 2 N–H and O–H groups in total. The van der Waals surface area contributed by atoms with E-state index in [2.05, 4.69) is 20.2 Å². The SMILES string of the molecule is O=c1[nH][nH]c(-c2cccnc2)c1C=C1C=c2ccccc2=N1. The summed E-state index contributed by atoms with van der Waals surface area (Å²) in [6, 6.07) is 11.6. The van der Waals surface area contributed by atoms with Crippen molar-refractivity contribution >= 4 is 12.2 Å². The molecule has 0 saturated heterocycles. The maximum atomic E-state index is 12.1.